The minimum absolute atomic E-state index is 0.0237. The Kier molecular flexibility index (Phi) is 4.42. The maximum absolute atomic E-state index is 13.1. The van der Waals surface area contributed by atoms with Crippen molar-refractivity contribution in [3.8, 4) is 0 Å². The molecule has 1 aliphatic rings. The number of benzene rings is 1. The van der Waals surface area contributed by atoms with E-state index in [0.717, 1.165) is 50.7 Å². The summed E-state index contributed by atoms with van der Waals surface area (Å²) in [6, 6.07) is 3.45. The summed E-state index contributed by atoms with van der Waals surface area (Å²) in [6.07, 6.45) is 6.10. The molecule has 0 bridgehead atoms. The van der Waals surface area contributed by atoms with E-state index in [1.807, 2.05) is 0 Å². The number of halogens is 1. The third kappa shape index (κ3) is 3.67. The average molecular weight is 286 g/mol. The molecule has 1 aromatic rings. The third-order valence-electron chi connectivity index (χ3n) is 3.45. The van der Waals surface area contributed by atoms with Crippen LogP contribution >= 0.6 is 0 Å². The van der Waals surface area contributed by atoms with E-state index in [-0.39, 0.29) is 16.6 Å². The second-order valence-corrected chi connectivity index (χ2v) is 6.71. The van der Waals surface area contributed by atoms with E-state index >= 15 is 0 Å². The fraction of sp³-hybridized carbons (Fsp3) is 0.538. The number of hydrogen-bond acceptors (Lipinski definition) is 3. The van der Waals surface area contributed by atoms with Crippen LogP contribution in [0.15, 0.2) is 23.1 Å². The summed E-state index contributed by atoms with van der Waals surface area (Å²) >= 11 is 0. The lowest BCUT2D eigenvalue weighted by molar-refractivity contribution is 0.510. The average Bonchev–Trinajstić information content (AvgIpc) is 2.60. The van der Waals surface area contributed by atoms with Crippen molar-refractivity contribution in [2.24, 2.45) is 0 Å². The van der Waals surface area contributed by atoms with Crippen molar-refractivity contribution >= 4 is 15.7 Å². The Labute approximate surface area is 113 Å². The molecule has 1 fully saturated rings. The minimum atomic E-state index is -3.61. The van der Waals surface area contributed by atoms with Gasteiger partial charge in [0.1, 0.15) is 5.82 Å². The van der Waals surface area contributed by atoms with Gasteiger partial charge in [-0.05, 0) is 31.0 Å². The van der Waals surface area contributed by atoms with Crippen molar-refractivity contribution in [2.45, 2.75) is 49.5 Å². The Hall–Kier alpha value is -1.14. The third-order valence-corrected chi connectivity index (χ3v) is 4.97. The molecule has 0 spiro atoms. The number of sulfonamides is 1. The lowest BCUT2D eigenvalue weighted by Gasteiger charge is -2.16. The molecule has 1 aliphatic carbocycles. The van der Waals surface area contributed by atoms with Crippen molar-refractivity contribution in [1.82, 2.24) is 4.72 Å². The number of nitrogens with one attached hydrogen (secondary N) is 1. The van der Waals surface area contributed by atoms with Gasteiger partial charge in [0.2, 0.25) is 10.0 Å². The summed E-state index contributed by atoms with van der Waals surface area (Å²) in [6.45, 7) is 0. The smallest absolute Gasteiger partial charge is 0.240 e. The molecular formula is C13H19FN2O2S. The molecule has 19 heavy (non-hydrogen) atoms. The van der Waals surface area contributed by atoms with Gasteiger partial charge in [-0.3, -0.25) is 0 Å². The van der Waals surface area contributed by atoms with Crippen LogP contribution in [0.1, 0.15) is 38.5 Å². The number of rotatable bonds is 3. The van der Waals surface area contributed by atoms with Gasteiger partial charge >= 0.3 is 0 Å². The topological polar surface area (TPSA) is 72.2 Å². The van der Waals surface area contributed by atoms with Crippen LogP contribution in [0.4, 0.5) is 10.1 Å². The zero-order chi connectivity index (χ0) is 13.9. The number of nitrogens with two attached hydrogens (primary N) is 1. The van der Waals surface area contributed by atoms with E-state index in [1.165, 1.54) is 6.07 Å². The van der Waals surface area contributed by atoms with Gasteiger partial charge in [-0.15, -0.1) is 0 Å². The maximum Gasteiger partial charge on any atom is 0.240 e. The van der Waals surface area contributed by atoms with Crippen LogP contribution in [0.25, 0.3) is 0 Å². The van der Waals surface area contributed by atoms with Crippen LogP contribution < -0.4 is 10.5 Å². The summed E-state index contributed by atoms with van der Waals surface area (Å²) < 4.78 is 40.1. The van der Waals surface area contributed by atoms with Crippen molar-refractivity contribution in [1.29, 1.82) is 0 Å². The van der Waals surface area contributed by atoms with Gasteiger partial charge in [0, 0.05) is 6.04 Å². The fourth-order valence-corrected chi connectivity index (χ4v) is 3.71. The number of nitrogen functional groups attached to an aromatic ring is 1. The lowest BCUT2D eigenvalue weighted by atomic mass is 10.1. The molecule has 6 heteroatoms. The lowest BCUT2D eigenvalue weighted by Crippen LogP contribution is -2.34. The van der Waals surface area contributed by atoms with E-state index < -0.39 is 15.8 Å². The van der Waals surface area contributed by atoms with Crippen molar-refractivity contribution in [3.05, 3.63) is 24.0 Å². The van der Waals surface area contributed by atoms with Gasteiger partial charge in [-0.2, -0.15) is 0 Å². The molecule has 0 heterocycles. The number of anilines is 1. The highest BCUT2D eigenvalue weighted by atomic mass is 32.2. The molecule has 0 radical (unpaired) electrons. The summed E-state index contributed by atoms with van der Waals surface area (Å²) in [5.41, 5.74) is 5.26. The van der Waals surface area contributed by atoms with Gasteiger partial charge in [-0.1, -0.05) is 25.7 Å². The molecule has 0 atom stereocenters. The first-order valence-corrected chi connectivity index (χ1v) is 8.05. The Balaban J connectivity index is 2.14. The Bertz CT molecular complexity index is 538. The van der Waals surface area contributed by atoms with Crippen molar-refractivity contribution in [2.75, 3.05) is 5.73 Å². The normalized spacial score (nSPS) is 18.2. The molecule has 106 valence electrons. The van der Waals surface area contributed by atoms with E-state index in [1.54, 1.807) is 0 Å². The fourth-order valence-electron chi connectivity index (χ4n) is 2.37. The summed E-state index contributed by atoms with van der Waals surface area (Å²) in [7, 11) is -3.61. The molecule has 4 nitrogen and oxygen atoms in total. The first-order valence-electron chi connectivity index (χ1n) is 6.56. The molecule has 0 unspecified atom stereocenters. The molecule has 3 N–H and O–H groups in total. The van der Waals surface area contributed by atoms with E-state index in [4.69, 9.17) is 5.73 Å². The molecular weight excluding hydrogens is 267 g/mol. The second-order valence-electron chi connectivity index (χ2n) is 4.99. The predicted molar refractivity (Wildman–Crippen MR) is 72.6 cm³/mol. The first-order chi connectivity index (χ1) is 8.99. The largest absolute Gasteiger partial charge is 0.396 e. The SMILES string of the molecule is Nc1cc(S(=O)(=O)NC2CCCCCC2)ccc1F. The highest BCUT2D eigenvalue weighted by molar-refractivity contribution is 7.89. The van der Waals surface area contributed by atoms with E-state index in [9.17, 15) is 12.8 Å². The molecule has 0 amide bonds. The first kappa shape index (κ1) is 14.3. The monoisotopic (exact) mass is 286 g/mol. The Morgan fingerprint density at radius 2 is 1.79 bits per heavy atom. The molecule has 1 aromatic carbocycles. The van der Waals surface area contributed by atoms with Crippen LogP contribution in [-0.2, 0) is 10.0 Å². The molecule has 0 aliphatic heterocycles. The van der Waals surface area contributed by atoms with Crippen LogP contribution in [0.5, 0.6) is 0 Å². The van der Waals surface area contributed by atoms with E-state index in [0.29, 0.717) is 0 Å². The maximum atomic E-state index is 13.1. The highest BCUT2D eigenvalue weighted by Crippen LogP contribution is 2.21. The van der Waals surface area contributed by atoms with Gasteiger partial charge in [-0.25, -0.2) is 17.5 Å². The molecule has 1 saturated carbocycles. The zero-order valence-corrected chi connectivity index (χ0v) is 11.5. The predicted octanol–water partition coefficient (Wildman–Crippen LogP) is 2.41. The summed E-state index contributed by atoms with van der Waals surface area (Å²) in [5.74, 6) is -0.603. The van der Waals surface area contributed by atoms with Crippen LogP contribution in [0.2, 0.25) is 0 Å². The standard InChI is InChI=1S/C13H19FN2O2S/c14-12-8-7-11(9-13(12)15)19(17,18)16-10-5-3-1-2-4-6-10/h7-10,16H,1-6,15H2. The van der Waals surface area contributed by atoms with E-state index in [2.05, 4.69) is 4.72 Å². The number of hydrogen-bond donors (Lipinski definition) is 2. The molecule has 2 rings (SSSR count). The van der Waals surface area contributed by atoms with Crippen molar-refractivity contribution < 1.29 is 12.8 Å². The van der Waals surface area contributed by atoms with Gasteiger partial charge in [0.05, 0.1) is 10.6 Å². The molecule has 0 aromatic heterocycles. The summed E-state index contributed by atoms with van der Waals surface area (Å²) in [5, 5.41) is 0. The minimum Gasteiger partial charge on any atom is -0.396 e. The highest BCUT2D eigenvalue weighted by Gasteiger charge is 2.21. The quantitative estimate of drug-likeness (QED) is 0.662. The molecule has 0 saturated heterocycles. The van der Waals surface area contributed by atoms with Gasteiger partial charge in [0.25, 0.3) is 0 Å². The second kappa shape index (κ2) is 5.88. The van der Waals surface area contributed by atoms with Crippen LogP contribution in [-0.4, -0.2) is 14.5 Å². The Morgan fingerprint density at radius 3 is 2.37 bits per heavy atom. The van der Waals surface area contributed by atoms with Crippen LogP contribution in [0, 0.1) is 5.82 Å². The van der Waals surface area contributed by atoms with Crippen LogP contribution in [0.3, 0.4) is 0 Å². The zero-order valence-electron chi connectivity index (χ0n) is 10.7. The summed E-state index contributed by atoms with van der Waals surface area (Å²) in [4.78, 5) is 0.0237. The van der Waals surface area contributed by atoms with Gasteiger partial charge in [0.15, 0.2) is 0 Å². The Morgan fingerprint density at radius 1 is 1.16 bits per heavy atom. The van der Waals surface area contributed by atoms with Gasteiger partial charge < -0.3 is 5.73 Å². The van der Waals surface area contributed by atoms with Crippen molar-refractivity contribution in [3.63, 3.8) is 0 Å².